The summed E-state index contributed by atoms with van der Waals surface area (Å²) < 4.78 is 5.49. The van der Waals surface area contributed by atoms with Crippen LogP contribution in [0.4, 0.5) is 4.79 Å². The van der Waals surface area contributed by atoms with Crippen LogP contribution in [-0.4, -0.2) is 67.2 Å². The van der Waals surface area contributed by atoms with Gasteiger partial charge in [0.2, 0.25) is 0 Å². The van der Waals surface area contributed by atoms with Crippen molar-refractivity contribution in [3.63, 3.8) is 0 Å². The predicted octanol–water partition coefficient (Wildman–Crippen LogP) is 3.70. The molecule has 1 aromatic rings. The van der Waals surface area contributed by atoms with Gasteiger partial charge in [0.1, 0.15) is 5.60 Å². The van der Waals surface area contributed by atoms with Gasteiger partial charge in [-0.1, -0.05) is 30.3 Å². The van der Waals surface area contributed by atoms with Crippen molar-refractivity contribution in [3.8, 4) is 0 Å². The van der Waals surface area contributed by atoms with E-state index in [0.29, 0.717) is 11.8 Å². The number of carbonyl (C=O) groups excluding carboxylic acids is 1. The van der Waals surface area contributed by atoms with Gasteiger partial charge in [0.15, 0.2) is 5.96 Å². The summed E-state index contributed by atoms with van der Waals surface area (Å²) in [5.74, 6) is 2.13. The summed E-state index contributed by atoms with van der Waals surface area (Å²) in [5, 5.41) is 3.58. The molecule has 160 valence electrons. The molecule has 0 aliphatic carbocycles. The lowest BCUT2D eigenvalue weighted by Crippen LogP contribution is -2.46. The molecule has 2 heterocycles. The van der Waals surface area contributed by atoms with E-state index < -0.39 is 5.60 Å². The molecule has 6 heteroatoms. The van der Waals surface area contributed by atoms with Crippen LogP contribution in [0.3, 0.4) is 0 Å². The molecular weight excluding hydrogens is 364 g/mol. The summed E-state index contributed by atoms with van der Waals surface area (Å²) in [6, 6.07) is 10.8. The first-order chi connectivity index (χ1) is 13.9. The van der Waals surface area contributed by atoms with Crippen molar-refractivity contribution >= 4 is 12.1 Å². The number of nitrogens with one attached hydrogen (secondary N) is 1. The summed E-state index contributed by atoms with van der Waals surface area (Å²) in [7, 11) is 1.86. The Morgan fingerprint density at radius 2 is 1.76 bits per heavy atom. The number of likely N-dealkylation sites (tertiary alicyclic amines) is 2. The van der Waals surface area contributed by atoms with Crippen molar-refractivity contribution in [2.45, 2.75) is 51.6 Å². The number of piperidine rings is 1. The highest BCUT2D eigenvalue weighted by Crippen LogP contribution is 2.27. The number of rotatable bonds is 3. The van der Waals surface area contributed by atoms with Crippen LogP contribution in [0.25, 0.3) is 0 Å². The fraction of sp³-hybridized carbons (Fsp3) is 0.652. The second-order valence-corrected chi connectivity index (χ2v) is 9.18. The second-order valence-electron chi connectivity index (χ2n) is 9.18. The van der Waals surface area contributed by atoms with Crippen molar-refractivity contribution in [1.82, 2.24) is 15.1 Å². The van der Waals surface area contributed by atoms with E-state index in [2.05, 4.69) is 45.5 Å². The molecule has 29 heavy (non-hydrogen) atoms. The zero-order valence-electron chi connectivity index (χ0n) is 18.4. The van der Waals surface area contributed by atoms with Gasteiger partial charge in [-0.3, -0.25) is 4.99 Å². The van der Waals surface area contributed by atoms with E-state index in [1.807, 2.05) is 32.7 Å². The molecule has 1 aromatic carbocycles. The maximum Gasteiger partial charge on any atom is 0.410 e. The van der Waals surface area contributed by atoms with Gasteiger partial charge in [0.25, 0.3) is 0 Å². The Bertz CT molecular complexity index is 691. The van der Waals surface area contributed by atoms with Crippen molar-refractivity contribution in [2.24, 2.45) is 10.9 Å². The molecule has 0 saturated carbocycles. The Balaban J connectivity index is 1.42. The molecular formula is C23H36N4O2. The summed E-state index contributed by atoms with van der Waals surface area (Å²) in [4.78, 5) is 20.9. The number of benzene rings is 1. The van der Waals surface area contributed by atoms with Crippen molar-refractivity contribution in [1.29, 1.82) is 0 Å². The van der Waals surface area contributed by atoms with Crippen LogP contribution in [0, 0.1) is 5.92 Å². The summed E-state index contributed by atoms with van der Waals surface area (Å²) in [6.07, 6.45) is 2.97. The van der Waals surface area contributed by atoms with Crippen LogP contribution in [0.2, 0.25) is 0 Å². The predicted molar refractivity (Wildman–Crippen MR) is 117 cm³/mol. The van der Waals surface area contributed by atoms with E-state index in [1.165, 1.54) is 12.0 Å². The number of hydrogen-bond donors (Lipinski definition) is 1. The zero-order chi connectivity index (χ0) is 20.9. The topological polar surface area (TPSA) is 57.2 Å². The molecule has 2 aliphatic heterocycles. The van der Waals surface area contributed by atoms with Gasteiger partial charge in [-0.2, -0.15) is 0 Å². The molecule has 1 atom stereocenters. The van der Waals surface area contributed by atoms with Gasteiger partial charge in [-0.05, 0) is 51.5 Å². The van der Waals surface area contributed by atoms with Crippen molar-refractivity contribution < 1.29 is 9.53 Å². The highest BCUT2D eigenvalue weighted by atomic mass is 16.6. The average Bonchev–Trinajstić information content (AvgIpc) is 3.18. The maximum absolute atomic E-state index is 12.2. The Hall–Kier alpha value is -2.24. The number of hydrogen-bond acceptors (Lipinski definition) is 3. The normalized spacial score (nSPS) is 21.4. The first kappa shape index (κ1) is 21.5. The molecule has 1 amide bonds. The molecule has 2 saturated heterocycles. The summed E-state index contributed by atoms with van der Waals surface area (Å²) >= 11 is 0. The summed E-state index contributed by atoms with van der Waals surface area (Å²) in [6.45, 7) is 10.2. The lowest BCUT2D eigenvalue weighted by atomic mass is 9.97. The standard InChI is InChI=1S/C23H36N4O2/c1-23(2,3)29-22(28)26-13-10-18(11-14-26)16-25-21(24-4)27-15-12-20(17-27)19-8-6-5-7-9-19/h5-9,18,20H,10-17H2,1-4H3,(H,24,25). The van der Waals surface area contributed by atoms with Gasteiger partial charge < -0.3 is 19.9 Å². The molecule has 0 bridgehead atoms. The Morgan fingerprint density at radius 3 is 2.38 bits per heavy atom. The van der Waals surface area contributed by atoms with Gasteiger partial charge in [-0.15, -0.1) is 0 Å². The van der Waals surface area contributed by atoms with Crippen LogP contribution >= 0.6 is 0 Å². The fourth-order valence-electron chi connectivity index (χ4n) is 4.16. The molecule has 3 rings (SSSR count). The van der Waals surface area contributed by atoms with Gasteiger partial charge in [0, 0.05) is 45.7 Å². The van der Waals surface area contributed by atoms with Crippen LogP contribution in [0.1, 0.15) is 51.5 Å². The molecule has 2 fully saturated rings. The number of carbonyl (C=O) groups is 1. The highest BCUT2D eigenvalue weighted by Gasteiger charge is 2.29. The third-order valence-corrected chi connectivity index (χ3v) is 5.79. The maximum atomic E-state index is 12.2. The van der Waals surface area contributed by atoms with Crippen LogP contribution in [0.5, 0.6) is 0 Å². The molecule has 6 nitrogen and oxygen atoms in total. The lowest BCUT2D eigenvalue weighted by molar-refractivity contribution is 0.0185. The van der Waals surface area contributed by atoms with E-state index in [9.17, 15) is 4.79 Å². The zero-order valence-corrected chi connectivity index (χ0v) is 18.4. The minimum atomic E-state index is -0.435. The third-order valence-electron chi connectivity index (χ3n) is 5.79. The minimum Gasteiger partial charge on any atom is -0.444 e. The van der Waals surface area contributed by atoms with E-state index in [-0.39, 0.29) is 6.09 Å². The van der Waals surface area contributed by atoms with Gasteiger partial charge >= 0.3 is 6.09 Å². The molecule has 0 radical (unpaired) electrons. The van der Waals surface area contributed by atoms with Gasteiger partial charge in [-0.25, -0.2) is 4.79 Å². The van der Waals surface area contributed by atoms with Crippen LogP contribution < -0.4 is 5.32 Å². The van der Waals surface area contributed by atoms with Crippen LogP contribution in [0.15, 0.2) is 35.3 Å². The second kappa shape index (κ2) is 9.51. The number of aliphatic imine (C=N–C) groups is 1. The minimum absolute atomic E-state index is 0.191. The Labute approximate surface area is 175 Å². The molecule has 2 aliphatic rings. The largest absolute Gasteiger partial charge is 0.444 e. The third kappa shape index (κ3) is 6.12. The molecule has 1 N–H and O–H groups in total. The monoisotopic (exact) mass is 400 g/mol. The van der Waals surface area contributed by atoms with Gasteiger partial charge in [0.05, 0.1) is 0 Å². The van der Waals surface area contributed by atoms with Crippen LogP contribution in [-0.2, 0) is 4.74 Å². The number of ether oxygens (including phenoxy) is 1. The smallest absolute Gasteiger partial charge is 0.410 e. The number of guanidine groups is 1. The SMILES string of the molecule is CN=C(NCC1CCN(C(=O)OC(C)(C)C)CC1)N1CCC(c2ccccc2)C1. The van der Waals surface area contributed by atoms with E-state index in [4.69, 9.17) is 4.74 Å². The molecule has 0 spiro atoms. The van der Waals surface area contributed by atoms with Crippen molar-refractivity contribution in [3.05, 3.63) is 35.9 Å². The number of amides is 1. The first-order valence-electron chi connectivity index (χ1n) is 10.8. The van der Waals surface area contributed by atoms with E-state index >= 15 is 0 Å². The average molecular weight is 401 g/mol. The van der Waals surface area contributed by atoms with Crippen molar-refractivity contribution in [2.75, 3.05) is 39.8 Å². The Kier molecular flexibility index (Phi) is 7.04. The first-order valence-corrected chi connectivity index (χ1v) is 10.8. The highest BCUT2D eigenvalue weighted by molar-refractivity contribution is 5.80. The lowest BCUT2D eigenvalue weighted by Gasteiger charge is -2.34. The van der Waals surface area contributed by atoms with E-state index in [0.717, 1.165) is 51.5 Å². The fourth-order valence-corrected chi connectivity index (χ4v) is 4.16. The summed E-state index contributed by atoms with van der Waals surface area (Å²) in [5.41, 5.74) is 0.981. The molecule has 0 aromatic heterocycles. The quantitative estimate of drug-likeness (QED) is 0.621. The number of nitrogens with zero attached hydrogens (tertiary/aromatic N) is 3. The Morgan fingerprint density at radius 1 is 1.10 bits per heavy atom. The molecule has 1 unspecified atom stereocenters. The van der Waals surface area contributed by atoms with E-state index in [1.54, 1.807) is 0 Å².